The van der Waals surface area contributed by atoms with Crippen molar-refractivity contribution in [1.29, 1.82) is 0 Å². The van der Waals surface area contributed by atoms with E-state index >= 15 is 0 Å². The third-order valence-electron chi connectivity index (χ3n) is 3.22. The summed E-state index contributed by atoms with van der Waals surface area (Å²) in [5, 5.41) is 6.29. The minimum atomic E-state index is -0.356. The molecule has 0 atom stereocenters. The van der Waals surface area contributed by atoms with E-state index in [1.165, 1.54) is 12.1 Å². The highest BCUT2D eigenvalue weighted by atomic mass is 35.5. The summed E-state index contributed by atoms with van der Waals surface area (Å²) in [6.07, 6.45) is 1.30. The number of carbonyl (C=O) groups excluding carboxylic acids is 1. The maximum Gasteiger partial charge on any atom is 0.220 e. The zero-order chi connectivity index (χ0) is 15.2. The van der Waals surface area contributed by atoms with Gasteiger partial charge in [0.1, 0.15) is 5.82 Å². The lowest BCUT2D eigenvalue weighted by Crippen LogP contribution is -2.37. The summed E-state index contributed by atoms with van der Waals surface area (Å²) in [6, 6.07) is 4.36. The number of halogens is 2. The second kappa shape index (κ2) is 7.60. The number of benzene rings is 1. The molecule has 20 heavy (non-hydrogen) atoms. The van der Waals surface area contributed by atoms with E-state index in [0.29, 0.717) is 18.0 Å². The van der Waals surface area contributed by atoms with Crippen LogP contribution in [0.25, 0.3) is 0 Å². The zero-order valence-corrected chi connectivity index (χ0v) is 13.0. The van der Waals surface area contributed by atoms with Crippen molar-refractivity contribution >= 4 is 17.5 Å². The number of hydrogen-bond acceptors (Lipinski definition) is 2. The van der Waals surface area contributed by atoms with Crippen LogP contribution in [0.2, 0.25) is 5.02 Å². The van der Waals surface area contributed by atoms with Gasteiger partial charge < -0.3 is 10.6 Å². The molecular formula is C15H22ClFN2O. The molecule has 0 aromatic heterocycles. The van der Waals surface area contributed by atoms with Crippen LogP contribution in [0.3, 0.4) is 0 Å². The highest BCUT2D eigenvalue weighted by molar-refractivity contribution is 6.31. The van der Waals surface area contributed by atoms with Crippen molar-refractivity contribution in [3.8, 4) is 0 Å². The predicted octanol–water partition coefficient (Wildman–Crippen LogP) is 2.87. The Hall–Kier alpha value is -1.13. The smallest absolute Gasteiger partial charge is 0.220 e. The largest absolute Gasteiger partial charge is 0.355 e. The third-order valence-corrected chi connectivity index (χ3v) is 3.53. The van der Waals surface area contributed by atoms with E-state index in [2.05, 4.69) is 10.6 Å². The van der Waals surface area contributed by atoms with E-state index in [0.717, 1.165) is 18.5 Å². The first-order chi connectivity index (χ1) is 9.36. The topological polar surface area (TPSA) is 41.1 Å². The van der Waals surface area contributed by atoms with Crippen molar-refractivity contribution in [2.24, 2.45) is 0 Å². The van der Waals surface area contributed by atoms with Crippen LogP contribution in [0, 0.1) is 5.82 Å². The average Bonchev–Trinajstić information content (AvgIpc) is 2.36. The van der Waals surface area contributed by atoms with Gasteiger partial charge in [0, 0.05) is 23.4 Å². The molecular weight excluding hydrogens is 279 g/mol. The standard InChI is InChI=1S/C15H22ClFN2O/c1-15(2,10-19-14(20)5-4-8-18-3)12-7-6-11(17)9-13(12)16/h6-7,9,18H,4-5,8,10H2,1-3H3,(H,19,20). The molecule has 0 saturated heterocycles. The van der Waals surface area contributed by atoms with Gasteiger partial charge in [-0.1, -0.05) is 31.5 Å². The quantitative estimate of drug-likeness (QED) is 0.760. The first kappa shape index (κ1) is 16.9. The van der Waals surface area contributed by atoms with Crippen LogP contribution < -0.4 is 10.6 Å². The van der Waals surface area contributed by atoms with Crippen molar-refractivity contribution in [1.82, 2.24) is 10.6 Å². The first-order valence-corrected chi connectivity index (χ1v) is 7.11. The van der Waals surface area contributed by atoms with Gasteiger partial charge in [0.05, 0.1) is 0 Å². The van der Waals surface area contributed by atoms with Crippen molar-refractivity contribution < 1.29 is 9.18 Å². The van der Waals surface area contributed by atoms with Crippen LogP contribution in [-0.2, 0) is 10.2 Å². The summed E-state index contributed by atoms with van der Waals surface area (Å²) >= 11 is 6.07. The number of rotatable bonds is 7. The molecule has 112 valence electrons. The Bertz CT molecular complexity index is 463. The second-order valence-electron chi connectivity index (χ2n) is 5.49. The van der Waals surface area contributed by atoms with E-state index in [9.17, 15) is 9.18 Å². The number of amides is 1. The Morgan fingerprint density at radius 2 is 2.10 bits per heavy atom. The maximum absolute atomic E-state index is 13.1. The van der Waals surface area contributed by atoms with Crippen LogP contribution in [0.1, 0.15) is 32.3 Å². The predicted molar refractivity (Wildman–Crippen MR) is 80.6 cm³/mol. The summed E-state index contributed by atoms with van der Waals surface area (Å²) in [4.78, 5) is 11.7. The number of carbonyl (C=O) groups is 1. The second-order valence-corrected chi connectivity index (χ2v) is 5.90. The van der Waals surface area contributed by atoms with Crippen LogP contribution in [0.15, 0.2) is 18.2 Å². The Kier molecular flexibility index (Phi) is 6.43. The molecule has 2 N–H and O–H groups in total. The van der Waals surface area contributed by atoms with Gasteiger partial charge in [-0.25, -0.2) is 4.39 Å². The van der Waals surface area contributed by atoms with Gasteiger partial charge in [0.2, 0.25) is 5.91 Å². The van der Waals surface area contributed by atoms with Crippen molar-refractivity contribution in [3.63, 3.8) is 0 Å². The van der Waals surface area contributed by atoms with Crippen LogP contribution in [0.4, 0.5) is 4.39 Å². The summed E-state index contributed by atoms with van der Waals surface area (Å²) in [5.74, 6) is -0.336. The Morgan fingerprint density at radius 3 is 2.70 bits per heavy atom. The molecule has 1 aromatic carbocycles. The van der Waals surface area contributed by atoms with Crippen molar-refractivity contribution in [3.05, 3.63) is 34.6 Å². The van der Waals surface area contributed by atoms with Gasteiger partial charge in [0.25, 0.3) is 0 Å². The fourth-order valence-electron chi connectivity index (χ4n) is 1.97. The summed E-state index contributed by atoms with van der Waals surface area (Å²) in [6.45, 7) is 5.23. The van der Waals surface area contributed by atoms with Gasteiger partial charge in [0.15, 0.2) is 0 Å². The fraction of sp³-hybridized carbons (Fsp3) is 0.533. The Morgan fingerprint density at radius 1 is 1.40 bits per heavy atom. The molecule has 1 aromatic rings. The molecule has 3 nitrogen and oxygen atoms in total. The van der Waals surface area contributed by atoms with Gasteiger partial charge >= 0.3 is 0 Å². The minimum absolute atomic E-state index is 0.0200. The van der Waals surface area contributed by atoms with Gasteiger partial charge in [-0.05, 0) is 37.7 Å². The third kappa shape index (κ3) is 5.10. The van der Waals surface area contributed by atoms with Gasteiger partial charge in [-0.2, -0.15) is 0 Å². The molecule has 0 spiro atoms. The van der Waals surface area contributed by atoms with E-state index in [-0.39, 0.29) is 17.1 Å². The fourth-order valence-corrected chi connectivity index (χ4v) is 2.39. The van der Waals surface area contributed by atoms with E-state index in [4.69, 9.17) is 11.6 Å². The molecule has 0 aliphatic rings. The summed E-state index contributed by atoms with van der Waals surface area (Å²) in [7, 11) is 1.86. The molecule has 0 unspecified atom stereocenters. The maximum atomic E-state index is 13.1. The molecule has 0 saturated carbocycles. The minimum Gasteiger partial charge on any atom is -0.355 e. The van der Waals surface area contributed by atoms with Crippen molar-refractivity contribution in [2.75, 3.05) is 20.1 Å². The molecule has 1 amide bonds. The molecule has 0 radical (unpaired) electrons. The van der Waals surface area contributed by atoms with Crippen molar-refractivity contribution in [2.45, 2.75) is 32.1 Å². The Labute approximate surface area is 124 Å². The summed E-state index contributed by atoms with van der Waals surface area (Å²) in [5.41, 5.74) is 0.486. The highest BCUT2D eigenvalue weighted by Gasteiger charge is 2.24. The van der Waals surface area contributed by atoms with E-state index < -0.39 is 0 Å². The zero-order valence-electron chi connectivity index (χ0n) is 12.2. The summed E-state index contributed by atoms with van der Waals surface area (Å²) < 4.78 is 13.1. The lowest BCUT2D eigenvalue weighted by Gasteiger charge is -2.26. The first-order valence-electron chi connectivity index (χ1n) is 6.73. The van der Waals surface area contributed by atoms with Gasteiger partial charge in [-0.15, -0.1) is 0 Å². The number of nitrogens with one attached hydrogen (secondary N) is 2. The normalized spacial score (nSPS) is 11.4. The van der Waals surface area contributed by atoms with Crippen LogP contribution >= 0.6 is 11.6 Å². The van der Waals surface area contributed by atoms with E-state index in [1.807, 2.05) is 20.9 Å². The highest BCUT2D eigenvalue weighted by Crippen LogP contribution is 2.29. The molecule has 0 fully saturated rings. The monoisotopic (exact) mass is 300 g/mol. The Balaban J connectivity index is 2.58. The molecule has 0 bridgehead atoms. The lowest BCUT2D eigenvalue weighted by molar-refractivity contribution is -0.121. The van der Waals surface area contributed by atoms with Gasteiger partial charge in [-0.3, -0.25) is 4.79 Å². The lowest BCUT2D eigenvalue weighted by atomic mass is 9.84. The molecule has 0 aliphatic heterocycles. The molecule has 0 heterocycles. The molecule has 5 heteroatoms. The number of hydrogen-bond donors (Lipinski definition) is 2. The van der Waals surface area contributed by atoms with Crippen LogP contribution in [-0.4, -0.2) is 26.0 Å². The molecule has 0 aliphatic carbocycles. The molecule has 1 rings (SSSR count). The van der Waals surface area contributed by atoms with Crippen LogP contribution in [0.5, 0.6) is 0 Å². The SMILES string of the molecule is CNCCCC(=O)NCC(C)(C)c1ccc(F)cc1Cl. The van der Waals surface area contributed by atoms with E-state index in [1.54, 1.807) is 6.07 Å². The average molecular weight is 301 g/mol.